The summed E-state index contributed by atoms with van der Waals surface area (Å²) in [4.78, 5) is 9.36. The van der Waals surface area contributed by atoms with Gasteiger partial charge in [0.15, 0.2) is 5.82 Å². The predicted molar refractivity (Wildman–Crippen MR) is 107 cm³/mol. The lowest BCUT2D eigenvalue weighted by Crippen LogP contribution is -2.05. The van der Waals surface area contributed by atoms with Gasteiger partial charge in [0.05, 0.1) is 12.2 Å². The Hall–Kier alpha value is -2.72. The van der Waals surface area contributed by atoms with Crippen molar-refractivity contribution in [3.63, 3.8) is 0 Å². The molecule has 0 radical (unpaired) electrons. The minimum Gasteiger partial charge on any atom is -0.347 e. The minimum absolute atomic E-state index is 0.263. The van der Waals surface area contributed by atoms with Crippen molar-refractivity contribution in [2.24, 2.45) is 0 Å². The standard InChI is InChI=1S/C22H19ClFN3/c1-3-15-6-4-5-7-16(15)22-25-19-10-11-27(13-20(19)26-22)12-17-18(23)9-8-14(2)21(17)24/h4-11,13H,3,12H2,1-2H3. The number of fused-ring (bicyclic) bond motifs is 1. The van der Waals surface area contributed by atoms with Gasteiger partial charge in [-0.3, -0.25) is 0 Å². The normalized spacial score (nSPS) is 11.3. The number of imidazole rings is 1. The van der Waals surface area contributed by atoms with E-state index in [0.29, 0.717) is 22.7 Å². The molecule has 0 unspecified atom stereocenters. The van der Waals surface area contributed by atoms with Gasteiger partial charge in [-0.2, -0.15) is 0 Å². The van der Waals surface area contributed by atoms with E-state index in [2.05, 4.69) is 18.0 Å². The molecule has 5 heteroatoms. The van der Waals surface area contributed by atoms with E-state index in [1.165, 1.54) is 5.56 Å². The first kappa shape index (κ1) is 17.7. The summed E-state index contributed by atoms with van der Waals surface area (Å²) >= 11 is 6.21. The number of aryl methyl sites for hydroxylation is 2. The number of hydrogen-bond donors (Lipinski definition) is 0. The molecule has 0 aromatic heterocycles. The third-order valence-electron chi connectivity index (χ3n) is 4.79. The quantitative estimate of drug-likeness (QED) is 0.451. The second-order valence-corrected chi connectivity index (χ2v) is 7.01. The predicted octanol–water partition coefficient (Wildman–Crippen LogP) is 5.76. The summed E-state index contributed by atoms with van der Waals surface area (Å²) in [5.41, 5.74) is 4.94. The zero-order chi connectivity index (χ0) is 19.0. The zero-order valence-corrected chi connectivity index (χ0v) is 16.0. The molecule has 2 heterocycles. The third kappa shape index (κ3) is 3.33. The molecular formula is C22H19ClFN3. The maximum absolute atomic E-state index is 14.4. The molecule has 3 nitrogen and oxygen atoms in total. The second-order valence-electron chi connectivity index (χ2n) is 6.60. The van der Waals surface area contributed by atoms with Crippen LogP contribution in [-0.4, -0.2) is 14.5 Å². The number of hydrogen-bond acceptors (Lipinski definition) is 2. The van der Waals surface area contributed by atoms with Crippen LogP contribution in [0.15, 0.2) is 54.9 Å². The van der Waals surface area contributed by atoms with E-state index in [4.69, 9.17) is 16.6 Å². The van der Waals surface area contributed by atoms with Crippen molar-refractivity contribution in [2.45, 2.75) is 26.8 Å². The maximum Gasteiger partial charge on any atom is 0.160 e. The van der Waals surface area contributed by atoms with Gasteiger partial charge in [-0.1, -0.05) is 48.9 Å². The highest BCUT2D eigenvalue weighted by Gasteiger charge is 2.16. The molecule has 0 spiro atoms. The molecule has 2 aromatic rings. The third-order valence-corrected chi connectivity index (χ3v) is 5.14. The molecule has 2 aliphatic rings. The van der Waals surface area contributed by atoms with Crippen molar-refractivity contribution in [1.82, 2.24) is 14.5 Å². The molecule has 4 rings (SSSR count). The van der Waals surface area contributed by atoms with Crippen LogP contribution < -0.4 is 0 Å². The monoisotopic (exact) mass is 379 g/mol. The van der Waals surface area contributed by atoms with E-state index in [-0.39, 0.29) is 5.82 Å². The number of nitrogens with zero attached hydrogens (tertiary/aromatic N) is 3. The second kappa shape index (κ2) is 7.12. The van der Waals surface area contributed by atoms with Gasteiger partial charge in [0.1, 0.15) is 11.5 Å². The highest BCUT2D eigenvalue weighted by atomic mass is 35.5. The highest BCUT2D eigenvalue weighted by Crippen LogP contribution is 2.28. The molecule has 2 aromatic carbocycles. The fourth-order valence-corrected chi connectivity index (χ4v) is 3.47. The molecule has 0 aliphatic carbocycles. The molecule has 0 bridgehead atoms. The Morgan fingerprint density at radius 3 is 2.63 bits per heavy atom. The van der Waals surface area contributed by atoms with Crippen LogP contribution >= 0.6 is 11.6 Å². The Morgan fingerprint density at radius 1 is 1.04 bits per heavy atom. The zero-order valence-electron chi connectivity index (χ0n) is 15.2. The van der Waals surface area contributed by atoms with Crippen LogP contribution in [-0.2, 0) is 13.0 Å². The Morgan fingerprint density at radius 2 is 1.81 bits per heavy atom. The summed E-state index contributed by atoms with van der Waals surface area (Å²) in [7, 11) is 0. The number of halogens is 2. The Bertz CT molecular complexity index is 1090. The van der Waals surface area contributed by atoms with Gasteiger partial charge in [0, 0.05) is 28.5 Å². The van der Waals surface area contributed by atoms with Crippen LogP contribution in [0.2, 0.25) is 5.02 Å². The fourth-order valence-electron chi connectivity index (χ4n) is 3.26. The van der Waals surface area contributed by atoms with E-state index in [1.54, 1.807) is 19.1 Å². The molecule has 0 amide bonds. The summed E-state index contributed by atoms with van der Waals surface area (Å²) in [6, 6.07) is 13.5. The smallest absolute Gasteiger partial charge is 0.160 e. The van der Waals surface area contributed by atoms with Crippen molar-refractivity contribution in [1.29, 1.82) is 0 Å². The summed E-state index contributed by atoms with van der Waals surface area (Å²) in [6.07, 6.45) is 4.69. The fraction of sp³-hybridized carbons (Fsp3) is 0.182. The molecule has 0 saturated carbocycles. The van der Waals surface area contributed by atoms with E-state index in [9.17, 15) is 4.39 Å². The van der Waals surface area contributed by atoms with Crippen LogP contribution in [0.4, 0.5) is 4.39 Å². The molecule has 0 fully saturated rings. The summed E-state index contributed by atoms with van der Waals surface area (Å²) in [5.74, 6) is 0.459. The van der Waals surface area contributed by atoms with Crippen LogP contribution in [0.3, 0.4) is 0 Å². The van der Waals surface area contributed by atoms with E-state index < -0.39 is 0 Å². The lowest BCUT2D eigenvalue weighted by Gasteiger charge is -2.11. The van der Waals surface area contributed by atoms with Gasteiger partial charge in [0.2, 0.25) is 0 Å². The van der Waals surface area contributed by atoms with Crippen molar-refractivity contribution < 1.29 is 4.39 Å². The lowest BCUT2D eigenvalue weighted by atomic mass is 10.1. The molecule has 27 heavy (non-hydrogen) atoms. The van der Waals surface area contributed by atoms with Gasteiger partial charge in [0.25, 0.3) is 0 Å². The van der Waals surface area contributed by atoms with E-state index in [0.717, 1.165) is 29.2 Å². The molecule has 0 N–H and O–H groups in total. The number of aromatic nitrogens is 3. The minimum atomic E-state index is -0.263. The topological polar surface area (TPSA) is 30.7 Å². The Labute approximate surface area is 162 Å². The first-order valence-electron chi connectivity index (χ1n) is 8.92. The van der Waals surface area contributed by atoms with E-state index in [1.807, 2.05) is 41.2 Å². The van der Waals surface area contributed by atoms with Gasteiger partial charge in [-0.25, -0.2) is 14.4 Å². The van der Waals surface area contributed by atoms with Gasteiger partial charge >= 0.3 is 0 Å². The van der Waals surface area contributed by atoms with Gasteiger partial charge < -0.3 is 4.57 Å². The van der Waals surface area contributed by atoms with Crippen molar-refractivity contribution in [2.75, 3.05) is 0 Å². The van der Waals surface area contributed by atoms with Crippen LogP contribution in [0, 0.1) is 12.7 Å². The maximum atomic E-state index is 14.4. The van der Waals surface area contributed by atoms with Crippen molar-refractivity contribution in [3.05, 3.63) is 82.4 Å². The first-order valence-corrected chi connectivity index (χ1v) is 9.30. The summed E-state index contributed by atoms with van der Waals surface area (Å²) in [6.45, 7) is 4.20. The molecule has 136 valence electrons. The van der Waals surface area contributed by atoms with Crippen LogP contribution in [0.25, 0.3) is 22.8 Å². The largest absolute Gasteiger partial charge is 0.347 e. The van der Waals surface area contributed by atoms with Gasteiger partial charge in [-0.05, 0) is 36.6 Å². The number of rotatable bonds is 4. The molecule has 0 atom stereocenters. The molecule has 0 saturated heterocycles. The Balaban J connectivity index is 1.72. The summed E-state index contributed by atoms with van der Waals surface area (Å²) < 4.78 is 16.3. The van der Waals surface area contributed by atoms with Gasteiger partial charge in [-0.15, -0.1) is 0 Å². The number of pyridine rings is 1. The highest BCUT2D eigenvalue weighted by molar-refractivity contribution is 6.31. The van der Waals surface area contributed by atoms with Crippen LogP contribution in [0.5, 0.6) is 0 Å². The molecular weight excluding hydrogens is 361 g/mol. The lowest BCUT2D eigenvalue weighted by molar-refractivity contribution is 0.590. The summed E-state index contributed by atoms with van der Waals surface area (Å²) in [5, 5.41) is 0.428. The van der Waals surface area contributed by atoms with Crippen molar-refractivity contribution >= 4 is 11.6 Å². The van der Waals surface area contributed by atoms with Crippen molar-refractivity contribution in [3.8, 4) is 22.8 Å². The average molecular weight is 380 g/mol. The molecule has 2 aliphatic heterocycles. The Kier molecular flexibility index (Phi) is 4.66. The first-order chi connectivity index (χ1) is 13.1. The average Bonchev–Trinajstić information content (AvgIpc) is 3.11. The SMILES string of the molecule is CCc1ccccc1-c1nc2ccn(Cc3c(Cl)ccc(C)c3F)cc-2n1. The number of benzene rings is 2. The van der Waals surface area contributed by atoms with E-state index >= 15 is 0 Å². The van der Waals surface area contributed by atoms with Crippen LogP contribution in [0.1, 0.15) is 23.6 Å².